The Balaban J connectivity index is 1.79. The first-order chi connectivity index (χ1) is 9.28. The van der Waals surface area contributed by atoms with E-state index in [1.807, 2.05) is 31.2 Å². The summed E-state index contributed by atoms with van der Waals surface area (Å²) < 4.78 is 11.1. The van der Waals surface area contributed by atoms with E-state index < -0.39 is 0 Å². The van der Waals surface area contributed by atoms with E-state index in [1.54, 1.807) is 11.8 Å². The van der Waals surface area contributed by atoms with Gasteiger partial charge in [-0.2, -0.15) is 4.98 Å². The van der Waals surface area contributed by atoms with E-state index in [0.29, 0.717) is 18.3 Å². The molecule has 2 N–H and O–H groups in total. The maximum atomic E-state index is 5.91. The van der Waals surface area contributed by atoms with Gasteiger partial charge >= 0.3 is 0 Å². The van der Waals surface area contributed by atoms with Crippen molar-refractivity contribution in [1.82, 2.24) is 10.1 Å². The number of aromatic nitrogens is 2. The molecule has 0 aliphatic carbocycles. The normalized spacial score (nSPS) is 19.6. The minimum atomic E-state index is -0.164. The second-order valence-corrected chi connectivity index (χ2v) is 5.55. The van der Waals surface area contributed by atoms with E-state index in [9.17, 15) is 0 Å². The van der Waals surface area contributed by atoms with Gasteiger partial charge in [0.05, 0.1) is 0 Å². The third kappa shape index (κ3) is 2.46. The van der Waals surface area contributed by atoms with E-state index in [4.69, 9.17) is 15.0 Å². The fourth-order valence-corrected chi connectivity index (χ4v) is 2.81. The quantitative estimate of drug-likeness (QED) is 0.928. The van der Waals surface area contributed by atoms with Crippen molar-refractivity contribution in [3.63, 3.8) is 0 Å². The molecule has 1 aromatic carbocycles. The Morgan fingerprint density at radius 3 is 3.16 bits per heavy atom. The van der Waals surface area contributed by atoms with Crippen LogP contribution in [0.25, 0.3) is 0 Å². The lowest BCUT2D eigenvalue weighted by Crippen LogP contribution is -2.16. The van der Waals surface area contributed by atoms with Gasteiger partial charge in [0.2, 0.25) is 11.7 Å². The van der Waals surface area contributed by atoms with E-state index in [1.165, 1.54) is 0 Å². The summed E-state index contributed by atoms with van der Waals surface area (Å²) in [5.74, 6) is 2.90. The highest BCUT2D eigenvalue weighted by molar-refractivity contribution is 7.99. The van der Waals surface area contributed by atoms with Gasteiger partial charge in [0, 0.05) is 23.1 Å². The van der Waals surface area contributed by atoms with Gasteiger partial charge in [-0.1, -0.05) is 24.2 Å². The van der Waals surface area contributed by atoms with Crippen molar-refractivity contribution in [2.75, 3.05) is 12.3 Å². The molecule has 1 aromatic heterocycles. The lowest BCUT2D eigenvalue weighted by Gasteiger charge is -2.22. The fraction of sp³-hybridized carbons (Fsp3) is 0.385. The molecule has 0 saturated carbocycles. The van der Waals surface area contributed by atoms with Crippen molar-refractivity contribution in [2.45, 2.75) is 23.8 Å². The van der Waals surface area contributed by atoms with E-state index in [-0.39, 0.29) is 12.0 Å². The van der Waals surface area contributed by atoms with Crippen LogP contribution in [0.15, 0.2) is 33.7 Å². The van der Waals surface area contributed by atoms with Gasteiger partial charge in [-0.25, -0.2) is 0 Å². The van der Waals surface area contributed by atoms with Crippen molar-refractivity contribution in [3.8, 4) is 5.75 Å². The summed E-state index contributed by atoms with van der Waals surface area (Å²) >= 11 is 1.74. The smallest absolute Gasteiger partial charge is 0.230 e. The molecule has 19 heavy (non-hydrogen) atoms. The Bertz CT molecular complexity index is 573. The highest BCUT2D eigenvalue weighted by Crippen LogP contribution is 2.39. The highest BCUT2D eigenvalue weighted by atomic mass is 32.2. The topological polar surface area (TPSA) is 74.2 Å². The SMILES string of the molecule is CC(CN)c1nc(C2CSc3ccccc3O2)no1. The van der Waals surface area contributed by atoms with Crippen LogP contribution in [-0.4, -0.2) is 22.4 Å². The highest BCUT2D eigenvalue weighted by Gasteiger charge is 2.26. The van der Waals surface area contributed by atoms with Crippen molar-refractivity contribution in [3.05, 3.63) is 36.0 Å². The summed E-state index contributed by atoms with van der Waals surface area (Å²) in [6.45, 7) is 2.45. The zero-order chi connectivity index (χ0) is 13.2. The zero-order valence-corrected chi connectivity index (χ0v) is 11.4. The van der Waals surface area contributed by atoms with E-state index >= 15 is 0 Å². The predicted molar refractivity (Wildman–Crippen MR) is 72.3 cm³/mol. The molecule has 1 aliphatic rings. The number of nitrogens with zero attached hydrogens (tertiary/aromatic N) is 2. The molecule has 100 valence electrons. The molecule has 5 nitrogen and oxygen atoms in total. The van der Waals surface area contributed by atoms with Gasteiger partial charge in [0.1, 0.15) is 5.75 Å². The van der Waals surface area contributed by atoms with Crippen molar-refractivity contribution in [1.29, 1.82) is 0 Å². The number of benzene rings is 1. The molecule has 6 heteroatoms. The van der Waals surface area contributed by atoms with Crippen LogP contribution in [-0.2, 0) is 0 Å². The Morgan fingerprint density at radius 1 is 1.47 bits per heavy atom. The molecule has 0 bridgehead atoms. The molecule has 2 aromatic rings. The van der Waals surface area contributed by atoms with Crippen LogP contribution in [0.3, 0.4) is 0 Å². The van der Waals surface area contributed by atoms with Gasteiger partial charge in [-0.05, 0) is 12.1 Å². The van der Waals surface area contributed by atoms with Gasteiger partial charge in [-0.15, -0.1) is 11.8 Å². The number of hydrogen-bond donors (Lipinski definition) is 1. The van der Waals surface area contributed by atoms with Crippen molar-refractivity contribution >= 4 is 11.8 Å². The summed E-state index contributed by atoms with van der Waals surface area (Å²) in [4.78, 5) is 5.53. The van der Waals surface area contributed by atoms with Crippen LogP contribution >= 0.6 is 11.8 Å². The molecular weight excluding hydrogens is 262 g/mol. The second kappa shape index (κ2) is 5.22. The molecule has 0 spiro atoms. The fourth-order valence-electron chi connectivity index (χ4n) is 1.83. The number of nitrogens with two attached hydrogens (primary N) is 1. The number of rotatable bonds is 3. The molecule has 0 saturated heterocycles. The summed E-state index contributed by atoms with van der Waals surface area (Å²) in [5, 5.41) is 4.00. The molecule has 0 fully saturated rings. The first-order valence-corrected chi connectivity index (χ1v) is 7.18. The minimum absolute atomic E-state index is 0.0739. The molecule has 1 aliphatic heterocycles. The van der Waals surface area contributed by atoms with Gasteiger partial charge < -0.3 is 15.0 Å². The van der Waals surface area contributed by atoms with Crippen LogP contribution in [0.5, 0.6) is 5.75 Å². The largest absolute Gasteiger partial charge is 0.480 e. The lowest BCUT2D eigenvalue weighted by atomic mass is 10.2. The summed E-state index contributed by atoms with van der Waals surface area (Å²) in [6, 6.07) is 7.97. The Labute approximate surface area is 115 Å². The molecule has 2 heterocycles. The Morgan fingerprint density at radius 2 is 2.32 bits per heavy atom. The molecule has 0 radical (unpaired) electrons. The molecular formula is C13H15N3O2S. The molecule has 3 rings (SSSR count). The summed E-state index contributed by atoms with van der Waals surface area (Å²) in [5.41, 5.74) is 5.59. The third-order valence-electron chi connectivity index (χ3n) is 3.03. The minimum Gasteiger partial charge on any atom is -0.480 e. The number of para-hydroxylation sites is 1. The maximum Gasteiger partial charge on any atom is 0.230 e. The van der Waals surface area contributed by atoms with E-state index in [2.05, 4.69) is 10.1 Å². The van der Waals surface area contributed by atoms with Crippen LogP contribution in [0.4, 0.5) is 0 Å². The zero-order valence-electron chi connectivity index (χ0n) is 10.6. The second-order valence-electron chi connectivity index (χ2n) is 4.49. The average molecular weight is 277 g/mol. The van der Waals surface area contributed by atoms with Gasteiger partial charge in [-0.3, -0.25) is 0 Å². The van der Waals surface area contributed by atoms with Crippen molar-refractivity contribution in [2.24, 2.45) is 5.73 Å². The monoisotopic (exact) mass is 277 g/mol. The lowest BCUT2D eigenvalue weighted by molar-refractivity contribution is 0.205. The Kier molecular flexibility index (Phi) is 3.44. The summed E-state index contributed by atoms with van der Waals surface area (Å²) in [6.07, 6.45) is -0.164. The molecule has 2 unspecified atom stereocenters. The first kappa shape index (κ1) is 12.5. The van der Waals surface area contributed by atoms with Crippen LogP contribution in [0, 0.1) is 0 Å². The molecule has 0 amide bonds. The number of thioether (sulfide) groups is 1. The summed E-state index contributed by atoms with van der Waals surface area (Å²) in [7, 11) is 0. The number of fused-ring (bicyclic) bond motifs is 1. The standard InChI is InChI=1S/C13H15N3O2S/c1-8(6-14)13-15-12(16-18-13)10-7-19-11-5-3-2-4-9(11)17-10/h2-5,8,10H,6-7,14H2,1H3. The average Bonchev–Trinajstić information content (AvgIpc) is 2.95. The van der Waals surface area contributed by atoms with Crippen molar-refractivity contribution < 1.29 is 9.26 Å². The maximum absolute atomic E-state index is 5.91. The van der Waals surface area contributed by atoms with E-state index in [0.717, 1.165) is 16.4 Å². The van der Waals surface area contributed by atoms with Gasteiger partial charge in [0.15, 0.2) is 6.10 Å². The first-order valence-electron chi connectivity index (χ1n) is 6.20. The molecule has 2 atom stereocenters. The van der Waals surface area contributed by atoms with Gasteiger partial charge in [0.25, 0.3) is 0 Å². The third-order valence-corrected chi connectivity index (χ3v) is 4.15. The van der Waals surface area contributed by atoms with Crippen LogP contribution in [0.2, 0.25) is 0 Å². The predicted octanol–water partition coefficient (Wildman–Crippen LogP) is 2.36. The number of ether oxygens (including phenoxy) is 1. The number of hydrogen-bond acceptors (Lipinski definition) is 6. The Hall–Kier alpha value is -1.53. The van der Waals surface area contributed by atoms with Crippen LogP contribution < -0.4 is 10.5 Å². The van der Waals surface area contributed by atoms with Crippen LogP contribution in [0.1, 0.15) is 30.7 Å².